The molecule has 0 amide bonds. The Morgan fingerprint density at radius 1 is 1.45 bits per heavy atom. The van der Waals surface area contributed by atoms with Crippen LogP contribution in [-0.4, -0.2) is 22.7 Å². The molecular weight excluding hydrogens is 325 g/mol. The van der Waals surface area contributed by atoms with E-state index >= 15 is 0 Å². The maximum absolute atomic E-state index is 11.4. The van der Waals surface area contributed by atoms with Crippen LogP contribution in [0.2, 0.25) is 10.0 Å². The number of hydrogen-bond donors (Lipinski definition) is 2. The quantitative estimate of drug-likeness (QED) is 0.859. The van der Waals surface area contributed by atoms with E-state index in [1.165, 1.54) is 0 Å². The molecule has 6 heteroatoms. The smallest absolute Gasteiger partial charge is 0.306 e. The Bertz CT molecular complexity index is 741. The van der Waals surface area contributed by atoms with E-state index in [1.54, 1.807) is 6.07 Å². The van der Waals surface area contributed by atoms with Crippen molar-refractivity contribution < 1.29 is 14.6 Å². The molecule has 2 N–H and O–H groups in total. The van der Waals surface area contributed by atoms with Gasteiger partial charge >= 0.3 is 5.97 Å². The van der Waals surface area contributed by atoms with Crippen LogP contribution in [0.1, 0.15) is 37.4 Å². The molecule has 0 fully saturated rings. The summed E-state index contributed by atoms with van der Waals surface area (Å²) in [7, 11) is 0. The molecule has 0 spiro atoms. The van der Waals surface area contributed by atoms with Crippen molar-refractivity contribution in [1.82, 2.24) is 4.98 Å². The number of carboxylic acids is 1. The Morgan fingerprint density at radius 2 is 2.23 bits per heavy atom. The van der Waals surface area contributed by atoms with Gasteiger partial charge in [0.15, 0.2) is 0 Å². The fourth-order valence-corrected chi connectivity index (χ4v) is 3.96. The first-order valence-electron chi connectivity index (χ1n) is 7.32. The van der Waals surface area contributed by atoms with Gasteiger partial charge in [-0.1, -0.05) is 36.5 Å². The predicted octanol–water partition coefficient (Wildman–Crippen LogP) is 4.52. The summed E-state index contributed by atoms with van der Waals surface area (Å²) in [6, 6.07) is 3.56. The van der Waals surface area contributed by atoms with Crippen LogP contribution in [0.25, 0.3) is 10.9 Å². The predicted molar refractivity (Wildman–Crippen MR) is 86.8 cm³/mol. The highest BCUT2D eigenvalue weighted by Crippen LogP contribution is 2.44. The topological polar surface area (TPSA) is 62.3 Å². The molecule has 1 aliphatic heterocycles. The van der Waals surface area contributed by atoms with Gasteiger partial charge in [0.05, 0.1) is 29.3 Å². The number of carbonyl (C=O) groups is 1. The Morgan fingerprint density at radius 3 is 2.91 bits per heavy atom. The normalized spacial score (nSPS) is 21.0. The van der Waals surface area contributed by atoms with Gasteiger partial charge in [-0.15, -0.1) is 0 Å². The van der Waals surface area contributed by atoms with Gasteiger partial charge in [0.1, 0.15) is 5.60 Å². The van der Waals surface area contributed by atoms with Crippen LogP contribution in [-0.2, 0) is 21.6 Å². The molecule has 0 bridgehead atoms. The second kappa shape index (κ2) is 5.76. The second-order valence-corrected chi connectivity index (χ2v) is 6.55. The largest absolute Gasteiger partial charge is 0.481 e. The number of hydrogen-bond acceptors (Lipinski definition) is 2. The molecule has 3 rings (SSSR count). The SMILES string of the molecule is CCCC1(CC(=O)O)OCCc2c1[nH]c1c(Cl)cc(Cl)cc21. The van der Waals surface area contributed by atoms with Crippen molar-refractivity contribution in [3.63, 3.8) is 0 Å². The van der Waals surface area contributed by atoms with Gasteiger partial charge in [-0.05, 0) is 30.5 Å². The van der Waals surface area contributed by atoms with Crippen molar-refractivity contribution in [1.29, 1.82) is 0 Å². The summed E-state index contributed by atoms with van der Waals surface area (Å²) < 4.78 is 5.95. The zero-order chi connectivity index (χ0) is 15.9. The minimum atomic E-state index is -0.871. The third kappa shape index (κ3) is 2.49. The lowest BCUT2D eigenvalue weighted by atomic mass is 9.85. The lowest BCUT2D eigenvalue weighted by Crippen LogP contribution is -2.37. The van der Waals surface area contributed by atoms with Crippen molar-refractivity contribution in [2.45, 2.75) is 38.2 Å². The lowest BCUT2D eigenvalue weighted by molar-refractivity contribution is -0.149. The van der Waals surface area contributed by atoms with Crippen LogP contribution in [0.4, 0.5) is 0 Å². The van der Waals surface area contributed by atoms with E-state index in [0.29, 0.717) is 23.1 Å². The Kier molecular flexibility index (Phi) is 4.10. The van der Waals surface area contributed by atoms with Crippen molar-refractivity contribution in [2.24, 2.45) is 0 Å². The van der Waals surface area contributed by atoms with Crippen LogP contribution in [0.15, 0.2) is 12.1 Å². The number of nitrogens with one attached hydrogen (secondary N) is 1. The molecule has 1 aromatic heterocycles. The van der Waals surface area contributed by atoms with E-state index in [0.717, 1.165) is 35.0 Å². The number of aromatic nitrogens is 1. The van der Waals surface area contributed by atoms with Gasteiger partial charge in [0.2, 0.25) is 0 Å². The van der Waals surface area contributed by atoms with Gasteiger partial charge in [0.25, 0.3) is 0 Å². The highest BCUT2D eigenvalue weighted by molar-refractivity contribution is 6.38. The number of halogens is 2. The summed E-state index contributed by atoms with van der Waals surface area (Å²) in [6.07, 6.45) is 2.13. The summed E-state index contributed by atoms with van der Waals surface area (Å²) in [5.74, 6) is -0.871. The average molecular weight is 342 g/mol. The monoisotopic (exact) mass is 341 g/mol. The lowest BCUT2D eigenvalue weighted by Gasteiger charge is -2.36. The molecule has 2 heterocycles. The van der Waals surface area contributed by atoms with Gasteiger partial charge in [-0.3, -0.25) is 4.79 Å². The molecule has 4 nitrogen and oxygen atoms in total. The maximum Gasteiger partial charge on any atom is 0.306 e. The number of carboxylic acid groups (broad SMARTS) is 1. The molecule has 0 radical (unpaired) electrons. The number of ether oxygens (including phenoxy) is 1. The van der Waals surface area contributed by atoms with Crippen LogP contribution in [0.5, 0.6) is 0 Å². The molecule has 1 unspecified atom stereocenters. The molecule has 1 aromatic carbocycles. The second-order valence-electron chi connectivity index (χ2n) is 5.70. The van der Waals surface area contributed by atoms with E-state index in [-0.39, 0.29) is 6.42 Å². The Balaban J connectivity index is 2.24. The van der Waals surface area contributed by atoms with Gasteiger partial charge in [0, 0.05) is 10.4 Å². The fourth-order valence-electron chi connectivity index (χ4n) is 3.42. The van der Waals surface area contributed by atoms with Gasteiger partial charge < -0.3 is 14.8 Å². The van der Waals surface area contributed by atoms with E-state index < -0.39 is 11.6 Å². The average Bonchev–Trinajstić information content (AvgIpc) is 2.79. The molecule has 2 aromatic rings. The number of benzene rings is 1. The molecule has 22 heavy (non-hydrogen) atoms. The first-order chi connectivity index (χ1) is 10.5. The van der Waals surface area contributed by atoms with Crippen molar-refractivity contribution in [3.05, 3.63) is 33.4 Å². The zero-order valence-electron chi connectivity index (χ0n) is 12.2. The van der Waals surface area contributed by atoms with E-state index in [2.05, 4.69) is 4.98 Å². The third-order valence-electron chi connectivity index (χ3n) is 4.21. The number of aromatic amines is 1. The van der Waals surface area contributed by atoms with Crippen molar-refractivity contribution in [3.8, 4) is 0 Å². The minimum Gasteiger partial charge on any atom is -0.481 e. The first kappa shape index (κ1) is 15.7. The van der Waals surface area contributed by atoms with Crippen molar-refractivity contribution in [2.75, 3.05) is 6.61 Å². The van der Waals surface area contributed by atoms with E-state index in [4.69, 9.17) is 27.9 Å². The Hall–Kier alpha value is -1.23. The highest BCUT2D eigenvalue weighted by atomic mass is 35.5. The summed E-state index contributed by atoms with van der Waals surface area (Å²) in [5.41, 5.74) is 1.89. The molecule has 1 atom stereocenters. The molecule has 0 saturated heterocycles. The van der Waals surface area contributed by atoms with E-state index in [1.807, 2.05) is 13.0 Å². The summed E-state index contributed by atoms with van der Waals surface area (Å²) in [6.45, 7) is 2.52. The molecular formula is C16H17Cl2NO3. The highest BCUT2D eigenvalue weighted by Gasteiger charge is 2.41. The fraction of sp³-hybridized carbons (Fsp3) is 0.438. The first-order valence-corrected chi connectivity index (χ1v) is 8.08. The number of aliphatic carboxylic acids is 1. The van der Waals surface area contributed by atoms with Gasteiger partial charge in [-0.2, -0.15) is 0 Å². The van der Waals surface area contributed by atoms with Crippen LogP contribution in [0, 0.1) is 0 Å². The minimum absolute atomic E-state index is 0.0635. The maximum atomic E-state index is 11.4. The molecule has 0 aliphatic carbocycles. The standard InChI is InChI=1S/C16H17Cl2NO3/c1-2-4-16(8-13(20)21)15-10(3-5-22-16)11-6-9(17)7-12(18)14(11)19-15/h6-7,19H,2-5,8H2,1H3,(H,20,21). The number of H-pyrrole nitrogens is 1. The summed E-state index contributed by atoms with van der Waals surface area (Å²) in [5, 5.41) is 11.4. The van der Waals surface area contributed by atoms with E-state index in [9.17, 15) is 9.90 Å². The van der Waals surface area contributed by atoms with Crippen LogP contribution < -0.4 is 0 Å². The molecule has 0 saturated carbocycles. The third-order valence-corrected chi connectivity index (χ3v) is 4.72. The van der Waals surface area contributed by atoms with Gasteiger partial charge in [-0.25, -0.2) is 0 Å². The van der Waals surface area contributed by atoms with Crippen molar-refractivity contribution >= 4 is 40.1 Å². The molecule has 1 aliphatic rings. The number of fused-ring (bicyclic) bond motifs is 3. The van der Waals surface area contributed by atoms with Crippen LogP contribution >= 0.6 is 23.2 Å². The van der Waals surface area contributed by atoms with Crippen LogP contribution in [0.3, 0.4) is 0 Å². The summed E-state index contributed by atoms with van der Waals surface area (Å²) in [4.78, 5) is 14.7. The Labute approximate surface area is 138 Å². The zero-order valence-corrected chi connectivity index (χ0v) is 13.7. The summed E-state index contributed by atoms with van der Waals surface area (Å²) >= 11 is 12.4. The number of rotatable bonds is 4. The molecule has 118 valence electrons.